The first-order valence-electron chi connectivity index (χ1n) is 5.97. The van der Waals surface area contributed by atoms with Crippen molar-refractivity contribution < 1.29 is 9.84 Å². The van der Waals surface area contributed by atoms with Gasteiger partial charge >= 0.3 is 0 Å². The van der Waals surface area contributed by atoms with Crippen LogP contribution in [0.15, 0.2) is 51.4 Å². The predicted molar refractivity (Wildman–Crippen MR) is 83.5 cm³/mol. The van der Waals surface area contributed by atoms with Crippen LogP contribution in [0, 0.1) is 0 Å². The first-order valence-corrected chi connectivity index (χ1v) is 7.56. The van der Waals surface area contributed by atoms with E-state index in [0.29, 0.717) is 12.4 Å². The molecule has 0 spiro atoms. The van der Waals surface area contributed by atoms with E-state index < -0.39 is 6.10 Å². The molecule has 1 atom stereocenters. The Balaban J connectivity index is 2.42. The van der Waals surface area contributed by atoms with Crippen molar-refractivity contribution in [2.75, 3.05) is 6.61 Å². The van der Waals surface area contributed by atoms with Crippen LogP contribution in [0.1, 0.15) is 24.2 Å². The molecule has 0 aliphatic rings. The van der Waals surface area contributed by atoms with Crippen LogP contribution in [0.3, 0.4) is 0 Å². The van der Waals surface area contributed by atoms with Gasteiger partial charge in [0.1, 0.15) is 11.9 Å². The summed E-state index contributed by atoms with van der Waals surface area (Å²) in [7, 11) is 0. The van der Waals surface area contributed by atoms with Crippen LogP contribution in [-0.2, 0) is 0 Å². The van der Waals surface area contributed by atoms with E-state index >= 15 is 0 Å². The molecule has 19 heavy (non-hydrogen) atoms. The van der Waals surface area contributed by atoms with Gasteiger partial charge < -0.3 is 9.84 Å². The molecule has 1 unspecified atom stereocenters. The largest absolute Gasteiger partial charge is 0.493 e. The van der Waals surface area contributed by atoms with Gasteiger partial charge in [-0.05, 0) is 42.8 Å². The summed E-state index contributed by atoms with van der Waals surface area (Å²) in [5.41, 5.74) is 1.59. The molecule has 100 valence electrons. The molecule has 4 heteroatoms. The first-order chi connectivity index (χ1) is 9.11. The number of halogens is 2. The highest BCUT2D eigenvalue weighted by molar-refractivity contribution is 9.10. The zero-order chi connectivity index (χ0) is 13.8. The number of ether oxygens (including phenoxy) is 1. The van der Waals surface area contributed by atoms with Crippen molar-refractivity contribution in [2.45, 2.75) is 13.0 Å². The molecule has 0 saturated heterocycles. The molecular weight excluding hydrogens is 372 g/mol. The van der Waals surface area contributed by atoms with Crippen LogP contribution < -0.4 is 4.74 Å². The van der Waals surface area contributed by atoms with Gasteiger partial charge in [0.25, 0.3) is 0 Å². The summed E-state index contributed by atoms with van der Waals surface area (Å²) in [5.74, 6) is 0.707. The second-order valence-corrected chi connectivity index (χ2v) is 5.90. The molecule has 0 bridgehead atoms. The molecule has 0 fully saturated rings. The van der Waals surface area contributed by atoms with Crippen molar-refractivity contribution in [1.29, 1.82) is 0 Å². The van der Waals surface area contributed by atoms with Gasteiger partial charge in [0.15, 0.2) is 0 Å². The summed E-state index contributed by atoms with van der Waals surface area (Å²) >= 11 is 6.84. The number of hydrogen-bond acceptors (Lipinski definition) is 2. The molecule has 2 nitrogen and oxygen atoms in total. The van der Waals surface area contributed by atoms with Crippen LogP contribution in [0.4, 0.5) is 0 Å². The highest BCUT2D eigenvalue weighted by Crippen LogP contribution is 2.33. The van der Waals surface area contributed by atoms with Gasteiger partial charge in [-0.1, -0.05) is 44.0 Å². The third kappa shape index (κ3) is 3.59. The van der Waals surface area contributed by atoms with Gasteiger partial charge in [0.2, 0.25) is 0 Å². The van der Waals surface area contributed by atoms with E-state index in [9.17, 15) is 5.11 Å². The number of aliphatic hydroxyl groups excluding tert-OH is 1. The van der Waals surface area contributed by atoms with Crippen LogP contribution in [0.25, 0.3) is 0 Å². The Morgan fingerprint density at radius 2 is 1.84 bits per heavy atom. The average molecular weight is 386 g/mol. The van der Waals surface area contributed by atoms with E-state index in [2.05, 4.69) is 31.9 Å². The maximum absolute atomic E-state index is 10.5. The van der Waals surface area contributed by atoms with E-state index in [4.69, 9.17) is 4.74 Å². The molecule has 0 aliphatic carbocycles. The van der Waals surface area contributed by atoms with Crippen LogP contribution >= 0.6 is 31.9 Å². The Kier molecular flexibility index (Phi) is 5.02. The van der Waals surface area contributed by atoms with E-state index in [1.807, 2.05) is 49.4 Å². The Hall–Kier alpha value is -0.840. The Morgan fingerprint density at radius 1 is 1.11 bits per heavy atom. The van der Waals surface area contributed by atoms with Gasteiger partial charge in [-0.3, -0.25) is 0 Å². The van der Waals surface area contributed by atoms with E-state index in [1.165, 1.54) is 0 Å². The van der Waals surface area contributed by atoms with Crippen LogP contribution in [-0.4, -0.2) is 11.7 Å². The zero-order valence-electron chi connectivity index (χ0n) is 10.4. The zero-order valence-corrected chi connectivity index (χ0v) is 13.6. The standard InChI is InChI=1S/C15H14Br2O2/c1-2-19-14-7-6-12(17)9-13(14)15(18)10-4-3-5-11(16)8-10/h3-9,15,18H,2H2,1H3. The third-order valence-corrected chi connectivity index (χ3v) is 3.72. The molecule has 1 N–H and O–H groups in total. The molecule has 0 saturated carbocycles. The van der Waals surface area contributed by atoms with Crippen molar-refractivity contribution in [3.05, 3.63) is 62.5 Å². The van der Waals surface area contributed by atoms with Crippen molar-refractivity contribution >= 4 is 31.9 Å². The minimum absolute atomic E-state index is 0.569. The summed E-state index contributed by atoms with van der Waals surface area (Å²) < 4.78 is 7.43. The number of hydrogen-bond donors (Lipinski definition) is 1. The Bertz CT molecular complexity index is 570. The molecule has 0 heterocycles. The maximum atomic E-state index is 10.5. The quantitative estimate of drug-likeness (QED) is 0.826. The first kappa shape index (κ1) is 14.6. The molecule has 0 aliphatic heterocycles. The second kappa shape index (κ2) is 6.55. The fraction of sp³-hybridized carbons (Fsp3) is 0.200. The van der Waals surface area contributed by atoms with Gasteiger partial charge in [-0.25, -0.2) is 0 Å². The van der Waals surface area contributed by atoms with Gasteiger partial charge in [0.05, 0.1) is 6.61 Å². The summed E-state index contributed by atoms with van der Waals surface area (Å²) in [4.78, 5) is 0. The van der Waals surface area contributed by atoms with E-state index in [1.54, 1.807) is 0 Å². The highest BCUT2D eigenvalue weighted by Gasteiger charge is 2.16. The van der Waals surface area contributed by atoms with Crippen LogP contribution in [0.5, 0.6) is 5.75 Å². The third-order valence-electron chi connectivity index (χ3n) is 2.73. The van der Waals surface area contributed by atoms with Crippen molar-refractivity contribution in [2.24, 2.45) is 0 Å². The molecule has 0 radical (unpaired) electrons. The summed E-state index contributed by atoms with van der Waals surface area (Å²) in [6, 6.07) is 13.3. The summed E-state index contributed by atoms with van der Waals surface area (Å²) in [6.07, 6.45) is -0.712. The predicted octanol–water partition coefficient (Wildman–Crippen LogP) is 4.69. The molecule has 0 aromatic heterocycles. The fourth-order valence-electron chi connectivity index (χ4n) is 1.88. The van der Waals surface area contributed by atoms with Crippen LogP contribution in [0.2, 0.25) is 0 Å². The monoisotopic (exact) mass is 384 g/mol. The SMILES string of the molecule is CCOc1ccc(Br)cc1C(O)c1cccc(Br)c1. The lowest BCUT2D eigenvalue weighted by Crippen LogP contribution is -2.04. The van der Waals surface area contributed by atoms with E-state index in [-0.39, 0.29) is 0 Å². The summed E-state index contributed by atoms with van der Waals surface area (Å²) in [6.45, 7) is 2.50. The number of benzene rings is 2. The number of rotatable bonds is 4. The molecule has 2 aromatic rings. The fourth-order valence-corrected chi connectivity index (χ4v) is 2.67. The molecule has 0 amide bonds. The lowest BCUT2D eigenvalue weighted by Gasteiger charge is -2.16. The minimum Gasteiger partial charge on any atom is -0.493 e. The maximum Gasteiger partial charge on any atom is 0.125 e. The van der Waals surface area contributed by atoms with Gasteiger partial charge in [0, 0.05) is 14.5 Å². The van der Waals surface area contributed by atoms with Crippen molar-refractivity contribution in [1.82, 2.24) is 0 Å². The van der Waals surface area contributed by atoms with E-state index in [0.717, 1.165) is 20.1 Å². The Labute approximate surface area is 129 Å². The Morgan fingerprint density at radius 3 is 2.53 bits per heavy atom. The lowest BCUT2D eigenvalue weighted by molar-refractivity contribution is 0.212. The van der Waals surface area contributed by atoms with Gasteiger partial charge in [-0.15, -0.1) is 0 Å². The second-order valence-electron chi connectivity index (χ2n) is 4.07. The normalized spacial score (nSPS) is 12.2. The highest BCUT2D eigenvalue weighted by atomic mass is 79.9. The van der Waals surface area contributed by atoms with Crippen molar-refractivity contribution in [3.63, 3.8) is 0 Å². The summed E-state index contributed by atoms with van der Waals surface area (Å²) in [5, 5.41) is 10.5. The molecular formula is C15H14Br2O2. The average Bonchev–Trinajstić information content (AvgIpc) is 2.40. The minimum atomic E-state index is -0.712. The topological polar surface area (TPSA) is 29.5 Å². The van der Waals surface area contributed by atoms with Crippen molar-refractivity contribution in [3.8, 4) is 5.75 Å². The molecule has 2 rings (SSSR count). The van der Waals surface area contributed by atoms with Gasteiger partial charge in [-0.2, -0.15) is 0 Å². The number of aliphatic hydroxyl groups is 1. The smallest absolute Gasteiger partial charge is 0.125 e. The lowest BCUT2D eigenvalue weighted by atomic mass is 10.0. The molecule has 2 aromatic carbocycles.